The van der Waals surface area contributed by atoms with Crippen LogP contribution in [0.15, 0.2) is 6.33 Å². The van der Waals surface area contributed by atoms with Gasteiger partial charge in [0.2, 0.25) is 0 Å². The average molecular weight is 269 g/mol. The van der Waals surface area contributed by atoms with Crippen LogP contribution in [-0.2, 0) is 4.74 Å². The van der Waals surface area contributed by atoms with E-state index in [2.05, 4.69) is 20.8 Å². The first-order valence-electron chi connectivity index (χ1n) is 5.88. The molecule has 0 aliphatic carbocycles. The van der Waals surface area contributed by atoms with Crippen LogP contribution in [0.4, 0.5) is 11.5 Å². The quantitative estimate of drug-likeness (QED) is 0.343. The van der Waals surface area contributed by atoms with E-state index in [1.807, 2.05) is 0 Å². The number of aromatic nitrogens is 2. The van der Waals surface area contributed by atoms with Crippen molar-refractivity contribution in [2.75, 3.05) is 17.8 Å². The van der Waals surface area contributed by atoms with Crippen LogP contribution in [0.5, 0.6) is 0 Å². The van der Waals surface area contributed by atoms with Crippen LogP contribution in [0.2, 0.25) is 0 Å². The minimum Gasteiger partial charge on any atom is -0.394 e. The maximum atomic E-state index is 9.99. The third kappa shape index (κ3) is 1.83. The number of hydrogen-bond donors (Lipinski definition) is 6. The van der Waals surface area contributed by atoms with Gasteiger partial charge >= 0.3 is 0 Å². The van der Waals surface area contributed by atoms with E-state index in [0.29, 0.717) is 11.4 Å². The molecule has 1 fully saturated rings. The number of hydrogen-bond acceptors (Lipinski definition) is 9. The third-order valence-electron chi connectivity index (χ3n) is 3.46. The Morgan fingerprint density at radius 3 is 2.79 bits per heavy atom. The topological polar surface area (TPSA) is 146 Å². The van der Waals surface area contributed by atoms with E-state index < -0.39 is 30.5 Å². The van der Waals surface area contributed by atoms with Crippen molar-refractivity contribution in [2.24, 2.45) is 0 Å². The molecular weight excluding hydrogens is 254 g/mol. The summed E-state index contributed by atoms with van der Waals surface area (Å²) >= 11 is 0. The molecule has 0 bridgehead atoms. The zero-order valence-corrected chi connectivity index (χ0v) is 9.89. The number of nitrogen functional groups attached to an aromatic ring is 1. The fraction of sp³-hybridized carbons (Fsp3) is 0.600. The van der Waals surface area contributed by atoms with Gasteiger partial charge in [-0.3, -0.25) is 0 Å². The number of nitrogens with one attached hydrogen (secondary N) is 2. The average Bonchev–Trinajstić information content (AvgIpc) is 2.94. The van der Waals surface area contributed by atoms with E-state index >= 15 is 0 Å². The molecule has 104 valence electrons. The van der Waals surface area contributed by atoms with Crippen molar-refractivity contribution in [1.82, 2.24) is 15.4 Å². The SMILES string of the molecule is Nc1ncnc2c1NNC2C1OC(CO)C(O)C1O. The predicted molar refractivity (Wildman–Crippen MR) is 63.7 cm³/mol. The Kier molecular flexibility index (Phi) is 2.99. The largest absolute Gasteiger partial charge is 0.394 e. The number of rotatable bonds is 2. The van der Waals surface area contributed by atoms with Crippen LogP contribution in [0.3, 0.4) is 0 Å². The third-order valence-corrected chi connectivity index (χ3v) is 3.46. The number of nitrogens with zero attached hydrogens (tertiary/aromatic N) is 2. The number of aliphatic hydroxyl groups is 3. The molecule has 0 radical (unpaired) electrons. The Morgan fingerprint density at radius 2 is 2.11 bits per heavy atom. The van der Waals surface area contributed by atoms with E-state index in [4.69, 9.17) is 15.6 Å². The fourth-order valence-electron chi connectivity index (χ4n) is 2.44. The highest BCUT2D eigenvalue weighted by Crippen LogP contribution is 2.37. The molecule has 0 amide bonds. The standard InChI is InChI=1S/C10H15N5O4/c11-10-6-4(12-2-13-10)5(14-15-6)9-8(18)7(17)3(1-16)19-9/h2-3,5,7-9,14-18H,1H2,(H2,11,12,13). The summed E-state index contributed by atoms with van der Waals surface area (Å²) in [5.41, 5.74) is 12.5. The summed E-state index contributed by atoms with van der Waals surface area (Å²) in [5.74, 6) is 0.284. The van der Waals surface area contributed by atoms with Crippen molar-refractivity contribution in [3.05, 3.63) is 12.0 Å². The van der Waals surface area contributed by atoms with Crippen molar-refractivity contribution >= 4 is 11.5 Å². The van der Waals surface area contributed by atoms with E-state index in [-0.39, 0.29) is 12.4 Å². The van der Waals surface area contributed by atoms with E-state index in [9.17, 15) is 10.2 Å². The first-order valence-corrected chi connectivity index (χ1v) is 5.88. The van der Waals surface area contributed by atoms with E-state index in [1.165, 1.54) is 6.33 Å². The van der Waals surface area contributed by atoms with Gasteiger partial charge < -0.3 is 31.2 Å². The number of fused-ring (bicyclic) bond motifs is 1. The number of aliphatic hydroxyl groups excluding tert-OH is 3. The van der Waals surface area contributed by atoms with Crippen LogP contribution >= 0.6 is 0 Å². The summed E-state index contributed by atoms with van der Waals surface area (Å²) in [5, 5.41) is 28.8. The van der Waals surface area contributed by atoms with Gasteiger partial charge in [-0.2, -0.15) is 0 Å². The molecule has 9 heteroatoms. The van der Waals surface area contributed by atoms with Crippen molar-refractivity contribution < 1.29 is 20.1 Å². The van der Waals surface area contributed by atoms with Crippen LogP contribution in [0, 0.1) is 0 Å². The number of anilines is 2. The van der Waals surface area contributed by atoms with Gasteiger partial charge in [-0.1, -0.05) is 0 Å². The molecule has 9 nitrogen and oxygen atoms in total. The maximum absolute atomic E-state index is 9.99. The molecule has 2 aliphatic rings. The molecule has 1 aromatic heterocycles. The maximum Gasteiger partial charge on any atom is 0.151 e. The minimum absolute atomic E-state index is 0.284. The fourth-order valence-corrected chi connectivity index (χ4v) is 2.44. The molecule has 0 saturated carbocycles. The first kappa shape index (κ1) is 12.5. The van der Waals surface area contributed by atoms with Crippen LogP contribution in [0.1, 0.15) is 11.7 Å². The molecule has 0 aromatic carbocycles. The molecule has 3 heterocycles. The minimum atomic E-state index is -1.14. The molecule has 3 rings (SSSR count). The van der Waals surface area contributed by atoms with Gasteiger partial charge in [-0.05, 0) is 0 Å². The van der Waals surface area contributed by atoms with E-state index in [1.54, 1.807) is 0 Å². The second-order valence-electron chi connectivity index (χ2n) is 4.57. The van der Waals surface area contributed by atoms with Crippen LogP contribution in [-0.4, -0.2) is 56.3 Å². The Hall–Kier alpha value is -1.52. The highest BCUT2D eigenvalue weighted by molar-refractivity contribution is 5.67. The van der Waals surface area contributed by atoms with Gasteiger partial charge in [0.25, 0.3) is 0 Å². The molecule has 2 aliphatic heterocycles. The normalized spacial score (nSPS) is 37.1. The Bertz CT molecular complexity index is 487. The Morgan fingerprint density at radius 1 is 1.32 bits per heavy atom. The number of ether oxygens (including phenoxy) is 1. The lowest BCUT2D eigenvalue weighted by Gasteiger charge is -2.21. The molecule has 0 spiro atoms. The lowest BCUT2D eigenvalue weighted by atomic mass is 10.0. The smallest absolute Gasteiger partial charge is 0.151 e. The summed E-state index contributed by atoms with van der Waals surface area (Å²) in [7, 11) is 0. The molecule has 7 N–H and O–H groups in total. The van der Waals surface area contributed by atoms with E-state index in [0.717, 1.165) is 0 Å². The van der Waals surface area contributed by atoms with Crippen molar-refractivity contribution in [3.8, 4) is 0 Å². The van der Waals surface area contributed by atoms with Crippen molar-refractivity contribution in [2.45, 2.75) is 30.5 Å². The predicted octanol–water partition coefficient (Wildman–Crippen LogP) is -2.49. The lowest BCUT2D eigenvalue weighted by molar-refractivity contribution is -0.0330. The summed E-state index contributed by atoms with van der Waals surface area (Å²) in [6.07, 6.45) is -2.50. The van der Waals surface area contributed by atoms with Gasteiger partial charge in [-0.25, -0.2) is 15.4 Å². The highest BCUT2D eigenvalue weighted by Gasteiger charge is 2.48. The Balaban J connectivity index is 1.88. The first-order chi connectivity index (χ1) is 9.13. The van der Waals surface area contributed by atoms with Crippen molar-refractivity contribution in [1.29, 1.82) is 0 Å². The van der Waals surface area contributed by atoms with Gasteiger partial charge in [0.15, 0.2) is 5.82 Å². The summed E-state index contributed by atoms with van der Waals surface area (Å²) in [4.78, 5) is 7.95. The van der Waals surface area contributed by atoms with Gasteiger partial charge in [0.05, 0.1) is 18.3 Å². The zero-order valence-electron chi connectivity index (χ0n) is 9.89. The van der Waals surface area contributed by atoms with Crippen LogP contribution in [0.25, 0.3) is 0 Å². The summed E-state index contributed by atoms with van der Waals surface area (Å²) in [6.45, 7) is -0.367. The molecule has 1 saturated heterocycles. The molecule has 19 heavy (non-hydrogen) atoms. The van der Waals surface area contributed by atoms with Crippen molar-refractivity contribution in [3.63, 3.8) is 0 Å². The molecule has 5 unspecified atom stereocenters. The monoisotopic (exact) mass is 269 g/mol. The van der Waals surface area contributed by atoms with Gasteiger partial charge in [0, 0.05) is 0 Å². The second kappa shape index (κ2) is 4.54. The highest BCUT2D eigenvalue weighted by atomic mass is 16.6. The molecular formula is C10H15N5O4. The summed E-state index contributed by atoms with van der Waals surface area (Å²) < 4.78 is 5.46. The second-order valence-corrected chi connectivity index (χ2v) is 4.57. The number of hydrazine groups is 1. The van der Waals surface area contributed by atoms with Crippen LogP contribution < -0.4 is 16.6 Å². The number of nitrogens with two attached hydrogens (primary N) is 1. The Labute approximate surface area is 108 Å². The van der Waals surface area contributed by atoms with Gasteiger partial charge in [0.1, 0.15) is 36.4 Å². The molecule has 5 atom stereocenters. The molecule has 1 aromatic rings. The summed E-state index contributed by atoms with van der Waals surface area (Å²) in [6, 6.07) is -0.485. The van der Waals surface area contributed by atoms with Gasteiger partial charge in [-0.15, -0.1) is 0 Å². The zero-order chi connectivity index (χ0) is 13.6. The lowest BCUT2D eigenvalue weighted by Crippen LogP contribution is -2.39.